The van der Waals surface area contributed by atoms with Gasteiger partial charge in [-0.3, -0.25) is 4.90 Å². The zero-order valence-electron chi connectivity index (χ0n) is 12.3. The molecule has 104 valence electrons. The van der Waals surface area contributed by atoms with Crippen LogP contribution in [-0.2, 0) is 4.74 Å². The first-order valence-corrected chi connectivity index (χ1v) is 6.70. The van der Waals surface area contributed by atoms with Gasteiger partial charge in [-0.2, -0.15) is 0 Å². The van der Waals surface area contributed by atoms with Crippen LogP contribution in [0.1, 0.15) is 20.3 Å². The molecule has 0 radical (unpaired) electrons. The molecule has 0 spiro atoms. The Morgan fingerprint density at radius 2 is 1.88 bits per heavy atom. The molecule has 0 saturated heterocycles. The summed E-state index contributed by atoms with van der Waals surface area (Å²) in [5.74, 6) is 0. The summed E-state index contributed by atoms with van der Waals surface area (Å²) in [5, 5.41) is 3.49. The molecule has 0 fully saturated rings. The second kappa shape index (κ2) is 11.0. The minimum Gasteiger partial charge on any atom is -0.383 e. The summed E-state index contributed by atoms with van der Waals surface area (Å²) in [4.78, 5) is 4.67. The van der Waals surface area contributed by atoms with E-state index in [1.165, 1.54) is 6.42 Å². The molecule has 0 saturated carbocycles. The quantitative estimate of drug-likeness (QED) is 0.547. The van der Waals surface area contributed by atoms with Crippen LogP contribution in [0.3, 0.4) is 0 Å². The molecule has 1 N–H and O–H groups in total. The average Bonchev–Trinajstić information content (AvgIpc) is 2.28. The number of rotatable bonds is 11. The molecule has 0 aromatic rings. The summed E-state index contributed by atoms with van der Waals surface area (Å²) in [6.07, 6.45) is 1.22. The van der Waals surface area contributed by atoms with E-state index in [-0.39, 0.29) is 0 Å². The molecule has 0 aromatic heterocycles. The van der Waals surface area contributed by atoms with Crippen LogP contribution in [-0.4, -0.2) is 76.4 Å². The standard InChI is InChI=1S/C13H31N3O/c1-6-16(13(2)12-17-5)11-9-14-8-7-10-15(3)4/h13-14H,6-12H2,1-5H3. The predicted octanol–water partition coefficient (Wildman–Crippen LogP) is 0.885. The molecule has 0 rings (SSSR count). The number of nitrogens with zero attached hydrogens (tertiary/aromatic N) is 2. The van der Waals surface area contributed by atoms with Gasteiger partial charge in [0.15, 0.2) is 0 Å². The largest absolute Gasteiger partial charge is 0.383 e. The molecular weight excluding hydrogens is 214 g/mol. The van der Waals surface area contributed by atoms with Crippen molar-refractivity contribution in [2.75, 3.05) is 60.5 Å². The van der Waals surface area contributed by atoms with Crippen LogP contribution in [0, 0.1) is 0 Å². The lowest BCUT2D eigenvalue weighted by Gasteiger charge is -2.27. The lowest BCUT2D eigenvalue weighted by atomic mass is 10.3. The van der Waals surface area contributed by atoms with Crippen molar-refractivity contribution < 1.29 is 4.74 Å². The molecule has 0 bridgehead atoms. The SMILES string of the molecule is CCN(CCNCCCN(C)C)C(C)COC. The smallest absolute Gasteiger partial charge is 0.0615 e. The molecule has 1 atom stereocenters. The van der Waals surface area contributed by atoms with E-state index in [0.717, 1.165) is 39.3 Å². The third kappa shape index (κ3) is 9.53. The fraction of sp³-hybridized carbons (Fsp3) is 1.00. The number of likely N-dealkylation sites (N-methyl/N-ethyl adjacent to an activating group) is 1. The first kappa shape index (κ1) is 16.8. The third-order valence-corrected chi connectivity index (χ3v) is 2.97. The minimum absolute atomic E-state index is 0.508. The second-order valence-corrected chi connectivity index (χ2v) is 4.84. The molecule has 1 unspecified atom stereocenters. The van der Waals surface area contributed by atoms with Crippen LogP contribution >= 0.6 is 0 Å². The summed E-state index contributed by atoms with van der Waals surface area (Å²) in [6, 6.07) is 0.508. The zero-order chi connectivity index (χ0) is 13.1. The molecule has 0 amide bonds. The van der Waals surface area contributed by atoms with Crippen molar-refractivity contribution in [3.8, 4) is 0 Å². The van der Waals surface area contributed by atoms with E-state index >= 15 is 0 Å². The van der Waals surface area contributed by atoms with Crippen LogP contribution in [0.5, 0.6) is 0 Å². The van der Waals surface area contributed by atoms with Gasteiger partial charge in [-0.1, -0.05) is 6.92 Å². The van der Waals surface area contributed by atoms with Gasteiger partial charge in [-0.05, 0) is 47.1 Å². The van der Waals surface area contributed by atoms with Crippen molar-refractivity contribution in [1.82, 2.24) is 15.1 Å². The maximum atomic E-state index is 5.19. The highest BCUT2D eigenvalue weighted by atomic mass is 16.5. The lowest BCUT2D eigenvalue weighted by molar-refractivity contribution is 0.103. The van der Waals surface area contributed by atoms with Crippen molar-refractivity contribution in [3.63, 3.8) is 0 Å². The zero-order valence-corrected chi connectivity index (χ0v) is 12.3. The predicted molar refractivity (Wildman–Crippen MR) is 74.6 cm³/mol. The van der Waals surface area contributed by atoms with E-state index in [1.54, 1.807) is 7.11 Å². The monoisotopic (exact) mass is 245 g/mol. The molecule has 0 aromatic carbocycles. The van der Waals surface area contributed by atoms with Gasteiger partial charge in [0.1, 0.15) is 0 Å². The maximum absolute atomic E-state index is 5.19. The number of ether oxygens (including phenoxy) is 1. The lowest BCUT2D eigenvalue weighted by Crippen LogP contribution is -2.40. The van der Waals surface area contributed by atoms with E-state index in [0.29, 0.717) is 6.04 Å². The van der Waals surface area contributed by atoms with E-state index in [9.17, 15) is 0 Å². The van der Waals surface area contributed by atoms with Gasteiger partial charge in [0.2, 0.25) is 0 Å². The van der Waals surface area contributed by atoms with Gasteiger partial charge in [-0.25, -0.2) is 0 Å². The molecular formula is C13H31N3O. The number of hydrogen-bond acceptors (Lipinski definition) is 4. The Morgan fingerprint density at radius 3 is 2.41 bits per heavy atom. The summed E-state index contributed by atoms with van der Waals surface area (Å²) in [5.41, 5.74) is 0. The van der Waals surface area contributed by atoms with Crippen molar-refractivity contribution >= 4 is 0 Å². The van der Waals surface area contributed by atoms with Crippen LogP contribution in [0.2, 0.25) is 0 Å². The van der Waals surface area contributed by atoms with Crippen molar-refractivity contribution in [1.29, 1.82) is 0 Å². The Morgan fingerprint density at radius 1 is 1.18 bits per heavy atom. The highest BCUT2D eigenvalue weighted by molar-refractivity contribution is 4.66. The van der Waals surface area contributed by atoms with E-state index in [2.05, 4.69) is 43.1 Å². The van der Waals surface area contributed by atoms with Gasteiger partial charge in [0.05, 0.1) is 6.61 Å². The van der Waals surface area contributed by atoms with Crippen LogP contribution in [0.4, 0.5) is 0 Å². The topological polar surface area (TPSA) is 27.7 Å². The van der Waals surface area contributed by atoms with E-state index in [4.69, 9.17) is 4.74 Å². The molecule has 0 heterocycles. The minimum atomic E-state index is 0.508. The van der Waals surface area contributed by atoms with E-state index in [1.807, 2.05) is 0 Å². The summed E-state index contributed by atoms with van der Waals surface area (Å²) >= 11 is 0. The molecule has 0 aliphatic rings. The Kier molecular flexibility index (Phi) is 10.9. The van der Waals surface area contributed by atoms with Crippen molar-refractivity contribution in [2.45, 2.75) is 26.3 Å². The first-order chi connectivity index (χ1) is 8.11. The van der Waals surface area contributed by atoms with E-state index < -0.39 is 0 Å². The van der Waals surface area contributed by atoms with Crippen LogP contribution in [0.15, 0.2) is 0 Å². The van der Waals surface area contributed by atoms with Gasteiger partial charge >= 0.3 is 0 Å². The molecule has 0 aliphatic heterocycles. The summed E-state index contributed by atoms with van der Waals surface area (Å²) in [6.45, 7) is 10.8. The van der Waals surface area contributed by atoms with Gasteiger partial charge in [-0.15, -0.1) is 0 Å². The third-order valence-electron chi connectivity index (χ3n) is 2.97. The number of nitrogens with one attached hydrogen (secondary N) is 1. The molecule has 17 heavy (non-hydrogen) atoms. The summed E-state index contributed by atoms with van der Waals surface area (Å²) < 4.78 is 5.19. The first-order valence-electron chi connectivity index (χ1n) is 6.70. The highest BCUT2D eigenvalue weighted by Crippen LogP contribution is 1.97. The number of hydrogen-bond donors (Lipinski definition) is 1. The average molecular weight is 245 g/mol. The fourth-order valence-corrected chi connectivity index (χ4v) is 1.90. The van der Waals surface area contributed by atoms with Gasteiger partial charge in [0, 0.05) is 26.2 Å². The molecule has 4 heteroatoms. The Hall–Kier alpha value is -0.160. The van der Waals surface area contributed by atoms with Crippen molar-refractivity contribution in [3.05, 3.63) is 0 Å². The Bertz CT molecular complexity index is 165. The normalized spacial score (nSPS) is 13.6. The number of methoxy groups -OCH3 is 1. The van der Waals surface area contributed by atoms with Crippen molar-refractivity contribution in [2.24, 2.45) is 0 Å². The maximum Gasteiger partial charge on any atom is 0.0615 e. The highest BCUT2D eigenvalue weighted by Gasteiger charge is 2.10. The van der Waals surface area contributed by atoms with Gasteiger partial charge in [0.25, 0.3) is 0 Å². The van der Waals surface area contributed by atoms with Gasteiger partial charge < -0.3 is 15.0 Å². The van der Waals surface area contributed by atoms with Crippen LogP contribution < -0.4 is 5.32 Å². The molecule has 4 nitrogen and oxygen atoms in total. The van der Waals surface area contributed by atoms with Crippen LogP contribution in [0.25, 0.3) is 0 Å². The summed E-state index contributed by atoms with van der Waals surface area (Å²) in [7, 11) is 6.00. The fourth-order valence-electron chi connectivity index (χ4n) is 1.90. The Labute approximate surface area is 107 Å². The second-order valence-electron chi connectivity index (χ2n) is 4.84. The Balaban J connectivity index is 3.49. The molecule has 0 aliphatic carbocycles.